The van der Waals surface area contributed by atoms with Crippen LogP contribution in [0.25, 0.3) is 16.5 Å². The molecule has 0 saturated heterocycles. The van der Waals surface area contributed by atoms with Crippen LogP contribution >= 0.6 is 22.6 Å². The lowest BCUT2D eigenvalue weighted by Crippen LogP contribution is -2.01. The zero-order chi connectivity index (χ0) is 12.5. The Kier molecular flexibility index (Phi) is 3.05. The molecule has 4 heteroatoms. The molecule has 0 fully saturated rings. The smallest absolute Gasteiger partial charge is 0.0724 e. The Hall–Kier alpha value is -1.40. The Morgan fingerprint density at radius 3 is 2.56 bits per heavy atom. The quantitative estimate of drug-likeness (QED) is 0.723. The van der Waals surface area contributed by atoms with Crippen LogP contribution in [0, 0.1) is 3.57 Å². The first-order valence-electron chi connectivity index (χ1n) is 5.71. The van der Waals surface area contributed by atoms with Gasteiger partial charge in [0.05, 0.1) is 15.5 Å². The SMILES string of the molecule is NCc1ccc(-n2cc(I)cn2)c2ccccc12. The third-order valence-electron chi connectivity index (χ3n) is 3.01. The van der Waals surface area contributed by atoms with Crippen molar-refractivity contribution in [2.45, 2.75) is 6.54 Å². The van der Waals surface area contributed by atoms with E-state index in [-0.39, 0.29) is 0 Å². The first kappa shape index (κ1) is 11.7. The maximum absolute atomic E-state index is 5.79. The van der Waals surface area contributed by atoms with Crippen molar-refractivity contribution in [1.82, 2.24) is 9.78 Å². The lowest BCUT2D eigenvalue weighted by Gasteiger charge is -2.10. The molecule has 3 aromatic rings. The van der Waals surface area contributed by atoms with Gasteiger partial charge >= 0.3 is 0 Å². The van der Waals surface area contributed by atoms with Gasteiger partial charge in [-0.1, -0.05) is 30.3 Å². The summed E-state index contributed by atoms with van der Waals surface area (Å²) in [5.74, 6) is 0. The van der Waals surface area contributed by atoms with Crippen molar-refractivity contribution in [2.24, 2.45) is 5.73 Å². The van der Waals surface area contributed by atoms with E-state index < -0.39 is 0 Å². The molecule has 1 aromatic heterocycles. The highest BCUT2D eigenvalue weighted by atomic mass is 127. The molecule has 2 aromatic carbocycles. The third kappa shape index (κ3) is 1.91. The molecule has 0 aliphatic heterocycles. The fourth-order valence-corrected chi connectivity index (χ4v) is 2.54. The molecule has 0 amide bonds. The number of benzene rings is 2. The lowest BCUT2D eigenvalue weighted by molar-refractivity contribution is 0.886. The van der Waals surface area contributed by atoms with Crippen molar-refractivity contribution < 1.29 is 0 Å². The van der Waals surface area contributed by atoms with Gasteiger partial charge < -0.3 is 5.73 Å². The minimum absolute atomic E-state index is 0.553. The zero-order valence-electron chi connectivity index (χ0n) is 9.68. The predicted molar refractivity (Wildman–Crippen MR) is 81.7 cm³/mol. The maximum atomic E-state index is 5.79. The average molecular weight is 349 g/mol. The van der Waals surface area contributed by atoms with E-state index in [2.05, 4.69) is 52.0 Å². The van der Waals surface area contributed by atoms with Crippen LogP contribution < -0.4 is 5.73 Å². The fraction of sp³-hybridized carbons (Fsp3) is 0.0714. The molecule has 0 aliphatic carbocycles. The highest BCUT2D eigenvalue weighted by molar-refractivity contribution is 14.1. The Bertz CT molecular complexity index is 703. The summed E-state index contributed by atoms with van der Waals surface area (Å²) in [5.41, 5.74) is 8.04. The zero-order valence-corrected chi connectivity index (χ0v) is 11.8. The number of nitrogens with zero attached hydrogens (tertiary/aromatic N) is 2. The largest absolute Gasteiger partial charge is 0.326 e. The molecule has 0 aliphatic rings. The number of halogens is 1. The molecule has 3 nitrogen and oxygen atoms in total. The van der Waals surface area contributed by atoms with Crippen molar-refractivity contribution >= 4 is 33.4 Å². The van der Waals surface area contributed by atoms with E-state index in [1.54, 1.807) is 0 Å². The second-order valence-corrected chi connectivity index (χ2v) is 5.34. The van der Waals surface area contributed by atoms with E-state index in [1.165, 1.54) is 10.8 Å². The van der Waals surface area contributed by atoms with Crippen LogP contribution in [-0.4, -0.2) is 9.78 Å². The molecule has 0 radical (unpaired) electrons. The van der Waals surface area contributed by atoms with Crippen molar-refractivity contribution in [3.05, 3.63) is 57.9 Å². The van der Waals surface area contributed by atoms with Gasteiger partial charge in [0.1, 0.15) is 0 Å². The highest BCUT2D eigenvalue weighted by Crippen LogP contribution is 2.25. The van der Waals surface area contributed by atoms with Gasteiger partial charge in [-0.25, -0.2) is 4.68 Å². The number of hydrogen-bond acceptors (Lipinski definition) is 2. The fourth-order valence-electron chi connectivity index (χ4n) is 2.16. The summed E-state index contributed by atoms with van der Waals surface area (Å²) >= 11 is 2.26. The summed E-state index contributed by atoms with van der Waals surface area (Å²) in [5, 5.41) is 6.75. The number of hydrogen-bond donors (Lipinski definition) is 1. The van der Waals surface area contributed by atoms with Crippen LogP contribution in [0.4, 0.5) is 0 Å². The lowest BCUT2D eigenvalue weighted by atomic mass is 10.0. The van der Waals surface area contributed by atoms with Gasteiger partial charge in [0, 0.05) is 18.1 Å². The molecule has 18 heavy (non-hydrogen) atoms. The van der Waals surface area contributed by atoms with Gasteiger partial charge in [-0.15, -0.1) is 0 Å². The number of nitrogens with two attached hydrogens (primary N) is 1. The average Bonchev–Trinajstić information content (AvgIpc) is 2.84. The van der Waals surface area contributed by atoms with Gasteiger partial charge in [-0.3, -0.25) is 0 Å². The Morgan fingerprint density at radius 2 is 1.89 bits per heavy atom. The van der Waals surface area contributed by atoms with Crippen LogP contribution in [0.2, 0.25) is 0 Å². The van der Waals surface area contributed by atoms with Crippen LogP contribution in [0.3, 0.4) is 0 Å². The van der Waals surface area contributed by atoms with Crippen LogP contribution in [0.15, 0.2) is 48.8 Å². The Balaban J connectivity index is 2.31. The summed E-state index contributed by atoms with van der Waals surface area (Å²) in [6, 6.07) is 12.5. The van der Waals surface area contributed by atoms with Crippen molar-refractivity contribution in [2.75, 3.05) is 0 Å². The normalized spacial score (nSPS) is 11.0. The molecular formula is C14H12IN3. The first-order chi connectivity index (χ1) is 8.79. The highest BCUT2D eigenvalue weighted by Gasteiger charge is 2.07. The van der Waals surface area contributed by atoms with Crippen molar-refractivity contribution in [1.29, 1.82) is 0 Å². The maximum Gasteiger partial charge on any atom is 0.0724 e. The molecular weight excluding hydrogens is 337 g/mol. The topological polar surface area (TPSA) is 43.8 Å². The van der Waals surface area contributed by atoms with Gasteiger partial charge in [0.15, 0.2) is 0 Å². The predicted octanol–water partition coefficient (Wildman–Crippen LogP) is 3.09. The Morgan fingerprint density at radius 1 is 1.11 bits per heavy atom. The minimum Gasteiger partial charge on any atom is -0.326 e. The molecule has 0 spiro atoms. The van der Waals surface area contributed by atoms with Gasteiger partial charge in [0.25, 0.3) is 0 Å². The van der Waals surface area contributed by atoms with E-state index in [9.17, 15) is 0 Å². The van der Waals surface area contributed by atoms with Gasteiger partial charge in [-0.05, 0) is 39.6 Å². The first-order valence-corrected chi connectivity index (χ1v) is 6.78. The summed E-state index contributed by atoms with van der Waals surface area (Å²) in [7, 11) is 0. The number of fused-ring (bicyclic) bond motifs is 1. The van der Waals surface area contributed by atoms with Crippen molar-refractivity contribution in [3.63, 3.8) is 0 Å². The second kappa shape index (κ2) is 4.70. The monoisotopic (exact) mass is 349 g/mol. The molecule has 0 atom stereocenters. The van der Waals surface area contributed by atoms with E-state index in [4.69, 9.17) is 5.73 Å². The van der Waals surface area contributed by atoms with Crippen LogP contribution in [0.5, 0.6) is 0 Å². The summed E-state index contributed by atoms with van der Waals surface area (Å²) in [4.78, 5) is 0. The van der Waals surface area contributed by atoms with E-state index in [0.29, 0.717) is 6.54 Å². The Labute approximate surface area is 119 Å². The molecule has 0 unspecified atom stereocenters. The van der Waals surface area contributed by atoms with E-state index in [0.717, 1.165) is 14.8 Å². The molecule has 1 heterocycles. The van der Waals surface area contributed by atoms with Gasteiger partial charge in [0.2, 0.25) is 0 Å². The van der Waals surface area contributed by atoms with E-state index in [1.807, 2.05) is 29.2 Å². The van der Waals surface area contributed by atoms with E-state index >= 15 is 0 Å². The van der Waals surface area contributed by atoms with Gasteiger partial charge in [-0.2, -0.15) is 5.10 Å². The standard InChI is InChI=1S/C14H12IN3/c15-11-8-17-18(9-11)14-6-5-10(7-16)12-3-1-2-4-13(12)14/h1-6,8-9H,7,16H2. The number of aromatic nitrogens is 2. The summed E-state index contributed by atoms with van der Waals surface area (Å²) < 4.78 is 3.03. The number of rotatable bonds is 2. The molecule has 0 bridgehead atoms. The molecule has 2 N–H and O–H groups in total. The molecule has 90 valence electrons. The summed E-state index contributed by atoms with van der Waals surface area (Å²) in [6.07, 6.45) is 3.87. The molecule has 0 saturated carbocycles. The summed E-state index contributed by atoms with van der Waals surface area (Å²) in [6.45, 7) is 0.553. The third-order valence-corrected chi connectivity index (χ3v) is 3.57. The van der Waals surface area contributed by atoms with Crippen molar-refractivity contribution in [3.8, 4) is 5.69 Å². The molecule has 3 rings (SSSR count). The van der Waals surface area contributed by atoms with Crippen LogP contribution in [0.1, 0.15) is 5.56 Å². The van der Waals surface area contributed by atoms with Crippen LogP contribution in [-0.2, 0) is 6.54 Å². The second-order valence-electron chi connectivity index (χ2n) is 4.10. The minimum atomic E-state index is 0.553.